The summed E-state index contributed by atoms with van der Waals surface area (Å²) in [5, 5.41) is 0. The summed E-state index contributed by atoms with van der Waals surface area (Å²) in [5.74, 6) is 5.84. The van der Waals surface area contributed by atoms with E-state index in [1.165, 1.54) is 5.56 Å². The van der Waals surface area contributed by atoms with Crippen molar-refractivity contribution in [1.82, 2.24) is 0 Å². The zero-order valence-corrected chi connectivity index (χ0v) is 10.6. The summed E-state index contributed by atoms with van der Waals surface area (Å²) in [4.78, 5) is 0. The average Bonchev–Trinajstić information content (AvgIpc) is 2.15. The van der Waals surface area contributed by atoms with Crippen molar-refractivity contribution < 1.29 is 0 Å². The average molecular weight is 261 g/mol. The van der Waals surface area contributed by atoms with Gasteiger partial charge in [-0.1, -0.05) is 25.7 Å². The molecule has 0 fully saturated rings. The van der Waals surface area contributed by atoms with Crippen LogP contribution in [0.2, 0.25) is 0 Å². The molecule has 0 N–H and O–H groups in total. The summed E-state index contributed by atoms with van der Waals surface area (Å²) in [5.41, 5.74) is 2.79. The van der Waals surface area contributed by atoms with Crippen LogP contribution in [-0.4, -0.2) is 0 Å². The van der Waals surface area contributed by atoms with Crippen LogP contribution in [-0.2, 0) is 6.42 Å². The Kier molecular flexibility index (Phi) is 4.01. The molecule has 0 unspecified atom stereocenters. The molecular formula is C14H13Br. The smallest absolute Gasteiger partial charge is 0.0541 e. The van der Waals surface area contributed by atoms with Crippen molar-refractivity contribution in [3.05, 3.63) is 33.3 Å². The van der Waals surface area contributed by atoms with E-state index in [1.54, 1.807) is 0 Å². The first-order valence-corrected chi connectivity index (χ1v) is 5.63. The summed E-state index contributed by atoms with van der Waals surface area (Å²) in [7, 11) is 0. The van der Waals surface area contributed by atoms with Gasteiger partial charge in [-0.05, 0) is 46.0 Å². The predicted octanol–water partition coefficient (Wildman–Crippen LogP) is 3.61. The largest absolute Gasteiger partial charge is 0.115 e. The fourth-order valence-electron chi connectivity index (χ4n) is 1.51. The fourth-order valence-corrected chi connectivity index (χ4v) is 2.13. The van der Waals surface area contributed by atoms with E-state index < -0.39 is 0 Å². The van der Waals surface area contributed by atoms with E-state index in [4.69, 9.17) is 12.8 Å². The van der Waals surface area contributed by atoms with E-state index >= 15 is 0 Å². The molecular weight excluding hydrogens is 248 g/mol. The van der Waals surface area contributed by atoms with E-state index in [0.717, 1.165) is 22.0 Å². The third-order valence-electron chi connectivity index (χ3n) is 2.09. The zero-order chi connectivity index (χ0) is 11.4. The maximum Gasteiger partial charge on any atom is 0.0541 e. The Bertz CT molecular complexity index is 442. The van der Waals surface area contributed by atoms with Gasteiger partial charge in [0.1, 0.15) is 0 Å². The molecule has 0 saturated heterocycles. The SMILES string of the molecule is C#Cc1cc(CC(C)C)cc(Br)c1C#C. The lowest BCUT2D eigenvalue weighted by Gasteiger charge is -2.08. The standard InChI is InChI=1S/C14H13Br/c1-5-12-8-11(7-10(3)4)9-14(15)13(12)6-2/h1-2,8-10H,7H2,3-4H3. The van der Waals surface area contributed by atoms with Gasteiger partial charge in [0.05, 0.1) is 5.56 Å². The van der Waals surface area contributed by atoms with Crippen LogP contribution in [0.5, 0.6) is 0 Å². The van der Waals surface area contributed by atoms with Gasteiger partial charge in [-0.15, -0.1) is 12.8 Å². The van der Waals surface area contributed by atoms with Crippen molar-refractivity contribution in [2.45, 2.75) is 20.3 Å². The second-order valence-electron chi connectivity index (χ2n) is 3.89. The number of hydrogen-bond acceptors (Lipinski definition) is 0. The molecule has 1 rings (SSSR count). The molecule has 0 bridgehead atoms. The van der Waals surface area contributed by atoms with Crippen molar-refractivity contribution in [3.63, 3.8) is 0 Å². The van der Waals surface area contributed by atoms with E-state index in [2.05, 4.69) is 47.7 Å². The van der Waals surface area contributed by atoms with Crippen LogP contribution >= 0.6 is 15.9 Å². The lowest BCUT2D eigenvalue weighted by Crippen LogP contribution is -1.96. The summed E-state index contributed by atoms with van der Waals surface area (Å²) < 4.78 is 0.913. The van der Waals surface area contributed by atoms with Crippen LogP contribution in [0.4, 0.5) is 0 Å². The Morgan fingerprint density at radius 3 is 2.40 bits per heavy atom. The van der Waals surface area contributed by atoms with Crippen LogP contribution in [0.3, 0.4) is 0 Å². The highest BCUT2D eigenvalue weighted by atomic mass is 79.9. The quantitative estimate of drug-likeness (QED) is 0.713. The third kappa shape index (κ3) is 2.88. The Hall–Kier alpha value is -1.18. The lowest BCUT2D eigenvalue weighted by molar-refractivity contribution is 0.647. The van der Waals surface area contributed by atoms with Crippen molar-refractivity contribution in [3.8, 4) is 24.7 Å². The molecule has 1 heteroatoms. The molecule has 1 aromatic carbocycles. The second kappa shape index (κ2) is 5.06. The van der Waals surface area contributed by atoms with E-state index in [0.29, 0.717) is 5.92 Å². The molecule has 15 heavy (non-hydrogen) atoms. The molecule has 0 amide bonds. The number of hydrogen-bond donors (Lipinski definition) is 0. The predicted molar refractivity (Wildman–Crippen MR) is 68.6 cm³/mol. The van der Waals surface area contributed by atoms with Gasteiger partial charge in [-0.2, -0.15) is 0 Å². The summed E-state index contributed by atoms with van der Waals surface area (Å²) in [6.07, 6.45) is 11.8. The summed E-state index contributed by atoms with van der Waals surface area (Å²) >= 11 is 3.45. The second-order valence-corrected chi connectivity index (χ2v) is 4.74. The van der Waals surface area contributed by atoms with Gasteiger partial charge >= 0.3 is 0 Å². The molecule has 0 heterocycles. The summed E-state index contributed by atoms with van der Waals surface area (Å²) in [6.45, 7) is 4.36. The van der Waals surface area contributed by atoms with Gasteiger partial charge in [-0.25, -0.2) is 0 Å². The molecule has 0 spiro atoms. The van der Waals surface area contributed by atoms with E-state index in [-0.39, 0.29) is 0 Å². The molecule has 0 aliphatic heterocycles. The normalized spacial score (nSPS) is 9.73. The van der Waals surface area contributed by atoms with Gasteiger partial charge in [0, 0.05) is 10.0 Å². The van der Waals surface area contributed by atoms with E-state index in [9.17, 15) is 0 Å². The number of rotatable bonds is 2. The minimum atomic E-state index is 0.610. The maximum absolute atomic E-state index is 5.43. The molecule has 0 saturated carbocycles. The highest BCUT2D eigenvalue weighted by molar-refractivity contribution is 9.10. The monoisotopic (exact) mass is 260 g/mol. The van der Waals surface area contributed by atoms with Crippen LogP contribution in [0.15, 0.2) is 16.6 Å². The van der Waals surface area contributed by atoms with E-state index in [1.807, 2.05) is 6.07 Å². The third-order valence-corrected chi connectivity index (χ3v) is 2.72. The molecule has 0 aromatic heterocycles. The summed E-state index contributed by atoms with van der Waals surface area (Å²) in [6, 6.07) is 4.05. The number of benzene rings is 1. The van der Waals surface area contributed by atoms with Crippen LogP contribution in [0.1, 0.15) is 30.5 Å². The van der Waals surface area contributed by atoms with Crippen molar-refractivity contribution >= 4 is 15.9 Å². The van der Waals surface area contributed by atoms with Crippen molar-refractivity contribution in [2.24, 2.45) is 5.92 Å². The minimum absolute atomic E-state index is 0.610. The molecule has 76 valence electrons. The number of terminal acetylenes is 2. The van der Waals surface area contributed by atoms with Crippen LogP contribution < -0.4 is 0 Å². The van der Waals surface area contributed by atoms with Crippen molar-refractivity contribution in [2.75, 3.05) is 0 Å². The first kappa shape index (κ1) is 11.9. The highest BCUT2D eigenvalue weighted by Gasteiger charge is 2.06. The Morgan fingerprint density at radius 2 is 1.93 bits per heavy atom. The minimum Gasteiger partial charge on any atom is -0.115 e. The van der Waals surface area contributed by atoms with Crippen LogP contribution in [0, 0.1) is 30.6 Å². The first-order chi connectivity index (χ1) is 7.08. The fraction of sp³-hybridized carbons (Fsp3) is 0.286. The first-order valence-electron chi connectivity index (χ1n) is 4.84. The van der Waals surface area contributed by atoms with Gasteiger partial charge in [0.25, 0.3) is 0 Å². The molecule has 0 atom stereocenters. The Morgan fingerprint density at radius 1 is 1.27 bits per heavy atom. The van der Waals surface area contributed by atoms with Gasteiger partial charge in [0.15, 0.2) is 0 Å². The Labute approximate surface area is 100 Å². The maximum atomic E-state index is 5.43. The highest BCUT2D eigenvalue weighted by Crippen LogP contribution is 2.23. The van der Waals surface area contributed by atoms with Gasteiger partial charge in [0.2, 0.25) is 0 Å². The Balaban J connectivity index is 3.23. The van der Waals surface area contributed by atoms with Crippen molar-refractivity contribution in [1.29, 1.82) is 0 Å². The molecule has 0 radical (unpaired) electrons. The molecule has 1 aromatic rings. The number of halogens is 1. The molecule has 0 aliphatic carbocycles. The molecule has 0 nitrogen and oxygen atoms in total. The zero-order valence-electron chi connectivity index (χ0n) is 8.97. The van der Waals surface area contributed by atoms with Gasteiger partial charge in [-0.3, -0.25) is 0 Å². The lowest BCUT2D eigenvalue weighted by atomic mass is 9.98. The molecule has 0 aliphatic rings. The topological polar surface area (TPSA) is 0 Å². The van der Waals surface area contributed by atoms with Gasteiger partial charge < -0.3 is 0 Å². The van der Waals surface area contributed by atoms with Crippen LogP contribution in [0.25, 0.3) is 0 Å².